The number of hydrogen-bond donors (Lipinski definition) is 1. The Morgan fingerprint density at radius 3 is 2.71 bits per heavy atom. The Balaban J connectivity index is 0.00000208. The number of guanidine groups is 1. The average Bonchev–Trinajstić information content (AvgIpc) is 2.62. The van der Waals surface area contributed by atoms with Gasteiger partial charge in [-0.05, 0) is 5.56 Å². The predicted octanol–water partition coefficient (Wildman–Crippen LogP) is 1.87. The van der Waals surface area contributed by atoms with Crippen LogP contribution in [0.2, 0.25) is 0 Å². The van der Waals surface area contributed by atoms with Crippen molar-refractivity contribution in [2.75, 3.05) is 50.9 Å². The third kappa shape index (κ3) is 5.79. The van der Waals surface area contributed by atoms with Crippen molar-refractivity contribution in [2.24, 2.45) is 10.7 Å². The fraction of sp³-hybridized carbons (Fsp3) is 0.588. The number of nitrogens with zero attached hydrogens (tertiary/aromatic N) is 3. The summed E-state index contributed by atoms with van der Waals surface area (Å²) in [6.45, 7) is 6.09. The summed E-state index contributed by atoms with van der Waals surface area (Å²) in [4.78, 5) is 9.34. The van der Waals surface area contributed by atoms with Gasteiger partial charge in [-0.25, -0.2) is 0 Å². The van der Waals surface area contributed by atoms with Gasteiger partial charge in [0, 0.05) is 43.7 Å². The van der Waals surface area contributed by atoms with Gasteiger partial charge in [-0.15, -0.1) is 24.0 Å². The summed E-state index contributed by atoms with van der Waals surface area (Å²) in [6, 6.07) is 11.2. The van der Waals surface area contributed by atoms with Crippen LogP contribution in [0.5, 0.6) is 0 Å². The van der Waals surface area contributed by atoms with Crippen molar-refractivity contribution >= 4 is 41.7 Å². The fourth-order valence-corrected chi connectivity index (χ4v) is 4.09. The van der Waals surface area contributed by atoms with Crippen LogP contribution in [0.4, 0.5) is 0 Å². The molecular weight excluding hydrogens is 435 g/mol. The highest BCUT2D eigenvalue weighted by Crippen LogP contribution is 2.19. The molecule has 1 atom stereocenters. The molecule has 5 nitrogen and oxygen atoms in total. The SMILES string of the molecule is I.NC(=NCC1CSCCN1Cc1ccccc1)N1CCOCC1. The highest BCUT2D eigenvalue weighted by atomic mass is 127. The van der Waals surface area contributed by atoms with Crippen LogP contribution < -0.4 is 5.73 Å². The van der Waals surface area contributed by atoms with E-state index in [1.807, 2.05) is 11.8 Å². The van der Waals surface area contributed by atoms with Crippen LogP contribution >= 0.6 is 35.7 Å². The number of ether oxygens (including phenoxy) is 1. The number of benzene rings is 1. The lowest BCUT2D eigenvalue weighted by Crippen LogP contribution is -2.47. The second-order valence-electron chi connectivity index (χ2n) is 5.98. The van der Waals surface area contributed by atoms with Gasteiger partial charge in [0.25, 0.3) is 0 Å². The summed E-state index contributed by atoms with van der Waals surface area (Å²) in [6.07, 6.45) is 0. The van der Waals surface area contributed by atoms with E-state index in [9.17, 15) is 0 Å². The molecule has 1 aromatic rings. The summed E-state index contributed by atoms with van der Waals surface area (Å²) in [5.41, 5.74) is 7.53. The van der Waals surface area contributed by atoms with Gasteiger partial charge in [-0.2, -0.15) is 11.8 Å². The molecule has 2 fully saturated rings. The van der Waals surface area contributed by atoms with E-state index in [-0.39, 0.29) is 24.0 Å². The first kappa shape index (κ1) is 19.8. The van der Waals surface area contributed by atoms with E-state index < -0.39 is 0 Å². The van der Waals surface area contributed by atoms with Crippen molar-refractivity contribution in [3.8, 4) is 0 Å². The Kier molecular flexibility index (Phi) is 8.65. The molecule has 0 radical (unpaired) electrons. The van der Waals surface area contributed by atoms with Gasteiger partial charge in [0.2, 0.25) is 0 Å². The Hall–Kier alpha value is -0.510. The largest absolute Gasteiger partial charge is 0.378 e. The molecule has 2 N–H and O–H groups in total. The first-order valence-corrected chi connectivity index (χ1v) is 9.47. The number of nitrogens with two attached hydrogens (primary N) is 1. The Morgan fingerprint density at radius 1 is 1.21 bits per heavy atom. The summed E-state index contributed by atoms with van der Waals surface area (Å²) < 4.78 is 5.36. The monoisotopic (exact) mass is 462 g/mol. The van der Waals surface area contributed by atoms with Crippen LogP contribution in [-0.4, -0.2) is 72.7 Å². The van der Waals surface area contributed by atoms with Crippen LogP contribution in [0.25, 0.3) is 0 Å². The molecule has 0 saturated carbocycles. The zero-order valence-corrected chi connectivity index (χ0v) is 17.1. The second-order valence-corrected chi connectivity index (χ2v) is 7.13. The van der Waals surface area contributed by atoms with Gasteiger partial charge in [0.1, 0.15) is 0 Å². The molecule has 2 aliphatic heterocycles. The van der Waals surface area contributed by atoms with Crippen LogP contribution in [-0.2, 0) is 11.3 Å². The summed E-state index contributed by atoms with van der Waals surface area (Å²) in [5, 5.41) is 0. The molecule has 134 valence electrons. The minimum absolute atomic E-state index is 0. The maximum absolute atomic E-state index is 6.16. The molecule has 2 aliphatic rings. The molecule has 0 aliphatic carbocycles. The zero-order chi connectivity index (χ0) is 15.9. The summed E-state index contributed by atoms with van der Waals surface area (Å²) >= 11 is 2.02. The van der Waals surface area contributed by atoms with Crippen molar-refractivity contribution in [1.29, 1.82) is 0 Å². The fourth-order valence-electron chi connectivity index (χ4n) is 2.97. The normalized spacial score (nSPS) is 22.9. The third-order valence-electron chi connectivity index (χ3n) is 4.38. The van der Waals surface area contributed by atoms with Crippen molar-refractivity contribution in [3.05, 3.63) is 35.9 Å². The quantitative estimate of drug-likeness (QED) is 0.421. The highest BCUT2D eigenvalue weighted by Gasteiger charge is 2.23. The van der Waals surface area contributed by atoms with Gasteiger partial charge in [0.05, 0.1) is 19.8 Å². The molecule has 0 amide bonds. The van der Waals surface area contributed by atoms with E-state index in [2.05, 4.69) is 45.1 Å². The van der Waals surface area contributed by atoms with Crippen LogP contribution in [0.15, 0.2) is 35.3 Å². The molecule has 0 aromatic heterocycles. The first-order chi connectivity index (χ1) is 11.3. The van der Waals surface area contributed by atoms with E-state index in [1.54, 1.807) is 0 Å². The Labute approximate surface area is 166 Å². The molecular formula is C17H27IN4OS. The summed E-state index contributed by atoms with van der Waals surface area (Å²) in [5.74, 6) is 3.00. The maximum atomic E-state index is 6.16. The second kappa shape index (κ2) is 10.5. The number of rotatable bonds is 4. The lowest BCUT2D eigenvalue weighted by molar-refractivity contribution is 0.0673. The smallest absolute Gasteiger partial charge is 0.191 e. The van der Waals surface area contributed by atoms with Crippen molar-refractivity contribution < 1.29 is 4.74 Å². The van der Waals surface area contributed by atoms with Crippen LogP contribution in [0.3, 0.4) is 0 Å². The van der Waals surface area contributed by atoms with Crippen LogP contribution in [0, 0.1) is 0 Å². The molecule has 7 heteroatoms. The van der Waals surface area contributed by atoms with Gasteiger partial charge >= 0.3 is 0 Å². The minimum atomic E-state index is 0. The zero-order valence-electron chi connectivity index (χ0n) is 14.0. The van der Waals surface area contributed by atoms with E-state index >= 15 is 0 Å². The highest BCUT2D eigenvalue weighted by molar-refractivity contribution is 14.0. The number of hydrogen-bond acceptors (Lipinski definition) is 4. The van der Waals surface area contributed by atoms with Gasteiger partial charge in [0.15, 0.2) is 5.96 Å². The van der Waals surface area contributed by atoms with Gasteiger partial charge in [-0.3, -0.25) is 9.89 Å². The molecule has 3 rings (SSSR count). The number of thioether (sulfide) groups is 1. The molecule has 24 heavy (non-hydrogen) atoms. The molecule has 2 heterocycles. The molecule has 1 unspecified atom stereocenters. The molecule has 2 saturated heterocycles. The third-order valence-corrected chi connectivity index (χ3v) is 5.47. The van der Waals surface area contributed by atoms with Crippen molar-refractivity contribution in [3.63, 3.8) is 0 Å². The van der Waals surface area contributed by atoms with Gasteiger partial charge in [-0.1, -0.05) is 30.3 Å². The predicted molar refractivity (Wildman–Crippen MR) is 112 cm³/mol. The number of halogens is 1. The van der Waals surface area contributed by atoms with Gasteiger partial charge < -0.3 is 15.4 Å². The Bertz CT molecular complexity index is 511. The topological polar surface area (TPSA) is 54.1 Å². The summed E-state index contributed by atoms with van der Waals surface area (Å²) in [7, 11) is 0. The van der Waals surface area contributed by atoms with E-state index in [0.717, 1.165) is 51.7 Å². The lowest BCUT2D eigenvalue weighted by atomic mass is 10.2. The van der Waals surface area contributed by atoms with E-state index in [4.69, 9.17) is 10.5 Å². The first-order valence-electron chi connectivity index (χ1n) is 8.31. The van der Waals surface area contributed by atoms with Crippen LogP contribution in [0.1, 0.15) is 5.56 Å². The minimum Gasteiger partial charge on any atom is -0.378 e. The van der Waals surface area contributed by atoms with E-state index in [1.165, 1.54) is 11.3 Å². The molecule has 1 aromatic carbocycles. The maximum Gasteiger partial charge on any atom is 0.191 e. The Morgan fingerprint density at radius 2 is 1.96 bits per heavy atom. The van der Waals surface area contributed by atoms with Crippen molar-refractivity contribution in [1.82, 2.24) is 9.80 Å². The lowest BCUT2D eigenvalue weighted by Gasteiger charge is -2.35. The van der Waals surface area contributed by atoms with Crippen molar-refractivity contribution in [2.45, 2.75) is 12.6 Å². The molecule has 0 bridgehead atoms. The van der Waals surface area contributed by atoms with E-state index in [0.29, 0.717) is 12.0 Å². The average molecular weight is 462 g/mol. The standard InChI is InChI=1S/C17H26N4OS.HI/c18-17(20-6-9-22-10-7-20)19-12-16-14-23-11-8-21(16)13-15-4-2-1-3-5-15;/h1-5,16H,6-14H2,(H2,18,19);1H. The molecule has 0 spiro atoms. The number of morpholine rings is 1. The number of aliphatic imine (C=N–C) groups is 1.